The number of carboxylic acids is 1. The van der Waals surface area contributed by atoms with Gasteiger partial charge in [-0.25, -0.2) is 4.79 Å². The fraction of sp³-hybridized carbons (Fsp3) is 0.556. The highest BCUT2D eigenvalue weighted by atomic mass is 16.5. The van der Waals surface area contributed by atoms with Crippen molar-refractivity contribution < 1.29 is 24.2 Å². The van der Waals surface area contributed by atoms with Gasteiger partial charge in [-0.3, -0.25) is 4.79 Å². The van der Waals surface area contributed by atoms with Gasteiger partial charge in [0.2, 0.25) is 0 Å². The number of carbonyl (C=O) groups is 2. The number of amides is 2. The number of likely N-dealkylation sites (tertiary alicyclic amines) is 1. The fourth-order valence-electron chi connectivity index (χ4n) is 3.11. The van der Waals surface area contributed by atoms with Crippen LogP contribution in [0.4, 0.5) is 10.5 Å². The molecule has 0 spiro atoms. The second kappa shape index (κ2) is 8.20. The lowest BCUT2D eigenvalue weighted by molar-refractivity contribution is -0.141. The Morgan fingerprint density at radius 1 is 1.20 bits per heavy atom. The van der Waals surface area contributed by atoms with Gasteiger partial charge < -0.3 is 24.8 Å². The third kappa shape index (κ3) is 4.85. The van der Waals surface area contributed by atoms with E-state index in [1.165, 1.54) is 4.90 Å². The zero-order chi connectivity index (χ0) is 17.6. The molecular weight excluding hydrogens is 324 g/mol. The molecule has 0 saturated carbocycles. The average Bonchev–Trinajstić information content (AvgIpc) is 3.13. The van der Waals surface area contributed by atoms with Crippen molar-refractivity contribution in [3.63, 3.8) is 0 Å². The first-order valence-corrected chi connectivity index (χ1v) is 8.71. The normalized spacial score (nSPS) is 21.1. The Labute approximate surface area is 146 Å². The molecule has 7 heteroatoms. The van der Waals surface area contributed by atoms with Crippen LogP contribution in [0.1, 0.15) is 19.3 Å². The summed E-state index contributed by atoms with van der Waals surface area (Å²) in [7, 11) is 0. The molecule has 3 rings (SSSR count). The molecule has 2 aliphatic rings. The van der Waals surface area contributed by atoms with Crippen LogP contribution in [0.2, 0.25) is 0 Å². The van der Waals surface area contributed by atoms with Crippen LogP contribution in [0.3, 0.4) is 0 Å². The molecular formula is C18H24N2O5. The molecule has 2 N–H and O–H groups in total. The molecule has 0 aliphatic carbocycles. The van der Waals surface area contributed by atoms with Crippen LogP contribution in [0.5, 0.6) is 5.75 Å². The smallest absolute Gasteiger partial charge is 0.321 e. The van der Waals surface area contributed by atoms with E-state index in [1.54, 1.807) is 12.1 Å². The predicted octanol–water partition coefficient (Wildman–Crippen LogP) is 2.43. The highest BCUT2D eigenvalue weighted by Gasteiger charge is 2.30. The first kappa shape index (κ1) is 17.5. The van der Waals surface area contributed by atoms with Crippen molar-refractivity contribution in [3.8, 4) is 5.75 Å². The van der Waals surface area contributed by atoms with Crippen molar-refractivity contribution >= 4 is 17.7 Å². The Hall–Kier alpha value is -2.28. The number of urea groups is 1. The Bertz CT molecular complexity index is 598. The molecule has 2 saturated heterocycles. The summed E-state index contributed by atoms with van der Waals surface area (Å²) in [4.78, 5) is 24.7. The Morgan fingerprint density at radius 2 is 1.92 bits per heavy atom. The SMILES string of the molecule is O=C(O)C1CCN(C(=O)Nc2ccc(OCC3CCOCC3)cc2)C1. The van der Waals surface area contributed by atoms with E-state index in [1.807, 2.05) is 12.1 Å². The number of anilines is 1. The maximum atomic E-state index is 12.2. The maximum absolute atomic E-state index is 12.2. The van der Waals surface area contributed by atoms with Crippen LogP contribution in [0.25, 0.3) is 0 Å². The van der Waals surface area contributed by atoms with Gasteiger partial charge in [0, 0.05) is 32.0 Å². The standard InChI is InChI=1S/C18H24N2O5/c21-17(22)14-5-8-20(11-14)18(23)19-15-1-3-16(4-2-15)25-12-13-6-9-24-10-7-13/h1-4,13-14H,5-12H2,(H,19,23)(H,21,22). The number of carbonyl (C=O) groups excluding carboxylic acids is 1. The van der Waals surface area contributed by atoms with Crippen LogP contribution >= 0.6 is 0 Å². The number of nitrogens with one attached hydrogen (secondary N) is 1. The monoisotopic (exact) mass is 348 g/mol. The Kier molecular flexibility index (Phi) is 5.75. The zero-order valence-electron chi connectivity index (χ0n) is 14.1. The number of hydrogen-bond acceptors (Lipinski definition) is 4. The number of nitrogens with zero attached hydrogens (tertiary/aromatic N) is 1. The van der Waals surface area contributed by atoms with Gasteiger partial charge >= 0.3 is 12.0 Å². The van der Waals surface area contributed by atoms with Crippen LogP contribution in [0, 0.1) is 11.8 Å². The lowest BCUT2D eigenvalue weighted by Crippen LogP contribution is -2.33. The third-order valence-corrected chi connectivity index (χ3v) is 4.76. The second-order valence-electron chi connectivity index (χ2n) is 6.59. The Morgan fingerprint density at radius 3 is 2.56 bits per heavy atom. The van der Waals surface area contributed by atoms with E-state index in [-0.39, 0.29) is 12.6 Å². The molecule has 2 aliphatic heterocycles. The molecule has 1 aromatic rings. The number of aliphatic carboxylic acids is 1. The van der Waals surface area contributed by atoms with Gasteiger partial charge in [0.15, 0.2) is 0 Å². The summed E-state index contributed by atoms with van der Waals surface area (Å²) in [6.07, 6.45) is 2.56. The molecule has 0 bridgehead atoms. The minimum atomic E-state index is -0.846. The van der Waals surface area contributed by atoms with Crippen LogP contribution in [0.15, 0.2) is 24.3 Å². The van der Waals surface area contributed by atoms with E-state index in [9.17, 15) is 9.59 Å². The van der Waals surface area contributed by atoms with Gasteiger partial charge in [0.25, 0.3) is 0 Å². The topological polar surface area (TPSA) is 88.1 Å². The molecule has 1 aromatic carbocycles. The van der Waals surface area contributed by atoms with Gasteiger partial charge in [0.05, 0.1) is 12.5 Å². The van der Waals surface area contributed by atoms with Crippen molar-refractivity contribution in [2.24, 2.45) is 11.8 Å². The lowest BCUT2D eigenvalue weighted by Gasteiger charge is -2.22. The third-order valence-electron chi connectivity index (χ3n) is 4.76. The summed E-state index contributed by atoms with van der Waals surface area (Å²) in [5, 5.41) is 11.8. The molecule has 2 amide bonds. The molecule has 2 heterocycles. The molecule has 25 heavy (non-hydrogen) atoms. The molecule has 0 radical (unpaired) electrons. The summed E-state index contributed by atoms with van der Waals surface area (Å²) in [6, 6.07) is 6.99. The van der Waals surface area contributed by atoms with E-state index >= 15 is 0 Å². The molecule has 136 valence electrons. The summed E-state index contributed by atoms with van der Waals surface area (Å²) in [5.41, 5.74) is 0.669. The van der Waals surface area contributed by atoms with Gasteiger partial charge in [-0.05, 0) is 49.4 Å². The number of carboxylic acid groups (broad SMARTS) is 1. The van der Waals surface area contributed by atoms with Gasteiger partial charge in [0.1, 0.15) is 5.75 Å². The zero-order valence-corrected chi connectivity index (χ0v) is 14.1. The van der Waals surface area contributed by atoms with Crippen LogP contribution in [-0.4, -0.2) is 54.9 Å². The minimum absolute atomic E-state index is 0.257. The van der Waals surface area contributed by atoms with E-state index in [0.717, 1.165) is 31.8 Å². The summed E-state index contributed by atoms with van der Waals surface area (Å²) >= 11 is 0. The number of benzene rings is 1. The number of ether oxygens (including phenoxy) is 2. The van der Waals surface area contributed by atoms with Crippen LogP contribution < -0.4 is 10.1 Å². The molecule has 1 atom stereocenters. The first-order chi connectivity index (χ1) is 12.1. The largest absolute Gasteiger partial charge is 0.493 e. The van der Waals surface area contributed by atoms with Gasteiger partial charge in [-0.2, -0.15) is 0 Å². The first-order valence-electron chi connectivity index (χ1n) is 8.71. The van der Waals surface area contributed by atoms with Crippen LogP contribution in [-0.2, 0) is 9.53 Å². The van der Waals surface area contributed by atoms with Crippen molar-refractivity contribution in [2.75, 3.05) is 38.2 Å². The van der Waals surface area contributed by atoms with E-state index in [4.69, 9.17) is 14.6 Å². The number of rotatable bonds is 5. The molecule has 0 aromatic heterocycles. The second-order valence-corrected chi connectivity index (χ2v) is 6.59. The minimum Gasteiger partial charge on any atom is -0.493 e. The molecule has 1 unspecified atom stereocenters. The lowest BCUT2D eigenvalue weighted by atomic mass is 10.0. The average molecular weight is 348 g/mol. The maximum Gasteiger partial charge on any atom is 0.321 e. The Balaban J connectivity index is 1.45. The quantitative estimate of drug-likeness (QED) is 0.853. The van der Waals surface area contributed by atoms with Crippen molar-refractivity contribution in [3.05, 3.63) is 24.3 Å². The van der Waals surface area contributed by atoms with Gasteiger partial charge in [-0.1, -0.05) is 0 Å². The highest BCUT2D eigenvalue weighted by molar-refractivity contribution is 5.90. The predicted molar refractivity (Wildman–Crippen MR) is 91.8 cm³/mol. The molecule has 7 nitrogen and oxygen atoms in total. The highest BCUT2D eigenvalue weighted by Crippen LogP contribution is 2.21. The van der Waals surface area contributed by atoms with Gasteiger partial charge in [-0.15, -0.1) is 0 Å². The molecule has 2 fully saturated rings. The van der Waals surface area contributed by atoms with Crippen molar-refractivity contribution in [2.45, 2.75) is 19.3 Å². The summed E-state index contributed by atoms with van der Waals surface area (Å²) < 4.78 is 11.1. The van der Waals surface area contributed by atoms with E-state index in [0.29, 0.717) is 31.2 Å². The van der Waals surface area contributed by atoms with Crippen molar-refractivity contribution in [1.82, 2.24) is 4.90 Å². The summed E-state index contributed by atoms with van der Waals surface area (Å²) in [6.45, 7) is 3.01. The number of hydrogen-bond donors (Lipinski definition) is 2. The fourth-order valence-corrected chi connectivity index (χ4v) is 3.11. The van der Waals surface area contributed by atoms with E-state index in [2.05, 4.69) is 5.32 Å². The van der Waals surface area contributed by atoms with E-state index < -0.39 is 11.9 Å². The summed E-state index contributed by atoms with van der Waals surface area (Å²) in [5.74, 6) is -0.00451. The van der Waals surface area contributed by atoms with Crippen molar-refractivity contribution in [1.29, 1.82) is 0 Å².